The zero-order valence-electron chi connectivity index (χ0n) is 14.3. The van der Waals surface area contributed by atoms with Crippen LogP contribution in [0, 0.1) is 17.7 Å². The van der Waals surface area contributed by atoms with Gasteiger partial charge in [0.05, 0.1) is 29.3 Å². The highest BCUT2D eigenvalue weighted by Gasteiger charge is 2.16. The van der Waals surface area contributed by atoms with Gasteiger partial charge in [0.25, 0.3) is 17.9 Å². The molecule has 11 heteroatoms. The quantitative estimate of drug-likeness (QED) is 0.519. The molecule has 3 N–H and O–H groups in total. The standard InChI is InChI=1S/C17H15ClF3N3O3S/c18-15-10(2-1-4-27-5-3-22)6-13(28-15)16(25)23-11-7-12(19)17(26)24(8-11)9-14(20)21/h6-8,14H,3-5,9,22H2,(H,23,25). The van der Waals surface area contributed by atoms with Crippen molar-refractivity contribution in [1.29, 1.82) is 0 Å². The summed E-state index contributed by atoms with van der Waals surface area (Å²) in [5.74, 6) is 3.57. The van der Waals surface area contributed by atoms with Gasteiger partial charge in [-0.25, -0.2) is 13.2 Å². The van der Waals surface area contributed by atoms with Gasteiger partial charge in [0.2, 0.25) is 0 Å². The van der Waals surface area contributed by atoms with E-state index in [1.807, 2.05) is 0 Å². The fraction of sp³-hybridized carbons (Fsp3) is 0.294. The largest absolute Gasteiger partial charge is 0.367 e. The Bertz CT molecular complexity index is 966. The number of ether oxygens (including phenoxy) is 1. The molecule has 6 nitrogen and oxygen atoms in total. The Hall–Kier alpha value is -2.32. The highest BCUT2D eigenvalue weighted by atomic mass is 35.5. The number of carbonyl (C=O) groups excluding carboxylic acids is 1. The first-order valence-electron chi connectivity index (χ1n) is 7.87. The Balaban J connectivity index is 2.14. The summed E-state index contributed by atoms with van der Waals surface area (Å²) in [5, 5.41) is 2.35. The number of anilines is 1. The molecule has 2 aromatic heterocycles. The molecule has 0 fully saturated rings. The Labute approximate surface area is 167 Å². The Morgan fingerprint density at radius 1 is 1.43 bits per heavy atom. The Morgan fingerprint density at radius 3 is 2.86 bits per heavy atom. The SMILES string of the molecule is NCCOCC#Cc1cc(C(=O)Nc2cc(F)c(=O)n(CC(F)F)c2)sc1Cl. The van der Waals surface area contributed by atoms with E-state index in [0.29, 0.717) is 23.3 Å². The molecular formula is C17H15ClF3N3O3S. The highest BCUT2D eigenvalue weighted by Crippen LogP contribution is 2.27. The summed E-state index contributed by atoms with van der Waals surface area (Å²) in [7, 11) is 0. The normalized spacial score (nSPS) is 10.6. The first-order valence-corrected chi connectivity index (χ1v) is 9.06. The van der Waals surface area contributed by atoms with Gasteiger partial charge < -0.3 is 20.4 Å². The van der Waals surface area contributed by atoms with Gasteiger partial charge in [-0.2, -0.15) is 0 Å². The van der Waals surface area contributed by atoms with Crippen LogP contribution in [0.5, 0.6) is 0 Å². The number of aromatic nitrogens is 1. The van der Waals surface area contributed by atoms with Crippen LogP contribution in [0.4, 0.5) is 18.9 Å². The van der Waals surface area contributed by atoms with E-state index in [-0.39, 0.29) is 21.5 Å². The topological polar surface area (TPSA) is 86.3 Å². The number of carbonyl (C=O) groups is 1. The molecule has 0 spiro atoms. The van der Waals surface area contributed by atoms with E-state index in [2.05, 4.69) is 17.2 Å². The lowest BCUT2D eigenvalue weighted by Gasteiger charge is -2.09. The number of amides is 1. The number of hydrogen-bond acceptors (Lipinski definition) is 5. The second kappa shape index (κ2) is 10.3. The second-order valence-electron chi connectivity index (χ2n) is 5.32. The molecule has 2 heterocycles. The second-order valence-corrected chi connectivity index (χ2v) is 6.97. The fourth-order valence-electron chi connectivity index (χ4n) is 2.05. The molecule has 0 bridgehead atoms. The number of nitrogens with zero attached hydrogens (tertiary/aromatic N) is 1. The van der Waals surface area contributed by atoms with Crippen LogP contribution in [0.1, 0.15) is 15.2 Å². The van der Waals surface area contributed by atoms with Gasteiger partial charge in [-0.1, -0.05) is 23.4 Å². The Morgan fingerprint density at radius 2 is 2.18 bits per heavy atom. The minimum absolute atomic E-state index is 0.143. The van der Waals surface area contributed by atoms with E-state index in [4.69, 9.17) is 22.1 Å². The van der Waals surface area contributed by atoms with Crippen LogP contribution < -0.4 is 16.6 Å². The minimum atomic E-state index is -2.85. The van der Waals surface area contributed by atoms with Gasteiger partial charge in [-0.05, 0) is 6.07 Å². The van der Waals surface area contributed by atoms with Gasteiger partial charge >= 0.3 is 0 Å². The molecule has 28 heavy (non-hydrogen) atoms. The fourth-order valence-corrected chi connectivity index (χ4v) is 3.13. The summed E-state index contributed by atoms with van der Waals surface area (Å²) in [6.07, 6.45) is -1.91. The number of pyridine rings is 1. The van der Waals surface area contributed by atoms with Crippen molar-refractivity contribution in [2.75, 3.05) is 25.1 Å². The maximum atomic E-state index is 13.7. The number of halogens is 4. The molecule has 2 rings (SSSR count). The molecule has 150 valence electrons. The first-order chi connectivity index (χ1) is 13.3. The van der Waals surface area contributed by atoms with Gasteiger partial charge in [-0.3, -0.25) is 9.59 Å². The van der Waals surface area contributed by atoms with E-state index >= 15 is 0 Å². The maximum absolute atomic E-state index is 13.7. The van der Waals surface area contributed by atoms with E-state index < -0.39 is 30.3 Å². The van der Waals surface area contributed by atoms with Crippen molar-refractivity contribution in [3.05, 3.63) is 49.3 Å². The smallest absolute Gasteiger partial charge is 0.286 e. The monoisotopic (exact) mass is 433 g/mol. The average Bonchev–Trinajstić information content (AvgIpc) is 2.99. The van der Waals surface area contributed by atoms with Crippen molar-refractivity contribution in [3.63, 3.8) is 0 Å². The van der Waals surface area contributed by atoms with E-state index in [9.17, 15) is 22.8 Å². The maximum Gasteiger partial charge on any atom is 0.286 e. The summed E-state index contributed by atoms with van der Waals surface area (Å²) >= 11 is 6.99. The van der Waals surface area contributed by atoms with Gasteiger partial charge in [0, 0.05) is 18.8 Å². The lowest BCUT2D eigenvalue weighted by Crippen LogP contribution is -2.26. The lowest BCUT2D eigenvalue weighted by atomic mass is 10.3. The number of nitrogens with two attached hydrogens (primary N) is 1. The predicted molar refractivity (Wildman–Crippen MR) is 101 cm³/mol. The zero-order chi connectivity index (χ0) is 20.7. The minimum Gasteiger partial charge on any atom is -0.367 e. The summed E-state index contributed by atoms with van der Waals surface area (Å²) < 4.78 is 44.5. The third kappa shape index (κ3) is 6.10. The first kappa shape index (κ1) is 22.0. The van der Waals surface area contributed by atoms with Crippen LogP contribution in [-0.2, 0) is 11.3 Å². The summed E-state index contributed by atoms with van der Waals surface area (Å²) in [4.78, 5) is 24.0. The van der Waals surface area contributed by atoms with Gasteiger partial charge in [0.1, 0.15) is 10.9 Å². The van der Waals surface area contributed by atoms with Crippen molar-refractivity contribution < 1.29 is 22.7 Å². The van der Waals surface area contributed by atoms with Crippen LogP contribution in [0.15, 0.2) is 23.1 Å². The van der Waals surface area contributed by atoms with E-state index in [1.165, 1.54) is 6.07 Å². The van der Waals surface area contributed by atoms with Crippen LogP contribution in [0.3, 0.4) is 0 Å². The molecule has 0 aliphatic rings. The van der Waals surface area contributed by atoms with Crippen molar-refractivity contribution in [2.45, 2.75) is 13.0 Å². The lowest BCUT2D eigenvalue weighted by molar-refractivity contribution is 0.103. The van der Waals surface area contributed by atoms with Crippen LogP contribution in [-0.4, -0.2) is 36.7 Å². The van der Waals surface area contributed by atoms with Crippen molar-refractivity contribution in [1.82, 2.24) is 4.57 Å². The number of alkyl halides is 2. The predicted octanol–water partition coefficient (Wildman–Crippen LogP) is 2.55. The summed E-state index contributed by atoms with van der Waals surface area (Å²) in [6, 6.07) is 2.19. The van der Waals surface area contributed by atoms with Crippen molar-refractivity contribution in [2.24, 2.45) is 5.73 Å². The zero-order valence-corrected chi connectivity index (χ0v) is 15.9. The van der Waals surface area contributed by atoms with Crippen LogP contribution in [0.2, 0.25) is 4.34 Å². The molecule has 0 aliphatic carbocycles. The molecule has 0 saturated carbocycles. The molecule has 0 aliphatic heterocycles. The number of rotatable bonds is 7. The van der Waals surface area contributed by atoms with E-state index in [1.54, 1.807) is 0 Å². The molecular weight excluding hydrogens is 419 g/mol. The number of thiophene rings is 1. The third-order valence-corrected chi connectivity index (χ3v) is 4.56. The van der Waals surface area contributed by atoms with Gasteiger partial charge in [0.15, 0.2) is 5.82 Å². The van der Waals surface area contributed by atoms with Crippen molar-refractivity contribution in [3.8, 4) is 11.8 Å². The molecule has 0 radical (unpaired) electrons. The van der Waals surface area contributed by atoms with E-state index in [0.717, 1.165) is 23.6 Å². The molecule has 0 aromatic carbocycles. The van der Waals surface area contributed by atoms with Crippen LogP contribution in [0.25, 0.3) is 0 Å². The summed E-state index contributed by atoms with van der Waals surface area (Å²) in [5.41, 5.74) is 4.34. The number of hydrogen-bond donors (Lipinski definition) is 2. The van der Waals surface area contributed by atoms with Crippen LogP contribution >= 0.6 is 22.9 Å². The highest BCUT2D eigenvalue weighted by molar-refractivity contribution is 7.18. The molecule has 2 aromatic rings. The van der Waals surface area contributed by atoms with Gasteiger partial charge in [-0.15, -0.1) is 11.3 Å². The number of nitrogens with one attached hydrogen (secondary N) is 1. The molecule has 0 saturated heterocycles. The van der Waals surface area contributed by atoms with Crippen molar-refractivity contribution >= 4 is 34.5 Å². The third-order valence-electron chi connectivity index (χ3n) is 3.20. The summed E-state index contributed by atoms with van der Waals surface area (Å²) in [6.45, 7) is -0.105. The molecule has 1 amide bonds. The molecule has 0 atom stereocenters. The Kier molecular flexibility index (Phi) is 8.07. The average molecular weight is 434 g/mol. The molecule has 0 unspecified atom stereocenters.